The van der Waals surface area contributed by atoms with E-state index in [9.17, 15) is 4.79 Å². The standard InChI is InChI=1S/C18H24O2/c1-4-7-8-9-10-15(5-2)16-11-13-17(14-12-16)18(19)20-6-3/h11-14H,2,4,6-10H2,1,3H3. The van der Waals surface area contributed by atoms with Crippen LogP contribution in [0.2, 0.25) is 0 Å². The lowest BCUT2D eigenvalue weighted by atomic mass is 9.99. The van der Waals surface area contributed by atoms with Crippen LogP contribution >= 0.6 is 0 Å². The highest BCUT2D eigenvalue weighted by Crippen LogP contribution is 2.21. The highest BCUT2D eigenvalue weighted by Gasteiger charge is 2.07. The summed E-state index contributed by atoms with van der Waals surface area (Å²) in [6, 6.07) is 7.49. The van der Waals surface area contributed by atoms with Crippen LogP contribution < -0.4 is 0 Å². The first-order valence-corrected chi connectivity index (χ1v) is 7.39. The number of hydrogen-bond donors (Lipinski definition) is 0. The molecule has 2 heteroatoms. The van der Waals surface area contributed by atoms with Crippen LogP contribution in [0.4, 0.5) is 0 Å². The van der Waals surface area contributed by atoms with Gasteiger partial charge in [-0.2, -0.15) is 0 Å². The second kappa shape index (κ2) is 9.17. The van der Waals surface area contributed by atoms with E-state index in [0.29, 0.717) is 12.2 Å². The van der Waals surface area contributed by atoms with Gasteiger partial charge in [0.25, 0.3) is 0 Å². The quantitative estimate of drug-likeness (QED) is 0.378. The summed E-state index contributed by atoms with van der Waals surface area (Å²) < 4.78 is 4.97. The number of hydrogen-bond acceptors (Lipinski definition) is 2. The van der Waals surface area contributed by atoms with E-state index in [1.807, 2.05) is 12.1 Å². The predicted molar refractivity (Wildman–Crippen MR) is 83.7 cm³/mol. The molecule has 0 saturated carbocycles. The molecule has 0 aliphatic heterocycles. The lowest BCUT2D eigenvalue weighted by Crippen LogP contribution is -2.04. The minimum atomic E-state index is -0.272. The average Bonchev–Trinajstić information content (AvgIpc) is 2.48. The number of unbranched alkanes of at least 4 members (excludes halogenated alkanes) is 3. The smallest absolute Gasteiger partial charge is 0.338 e. The summed E-state index contributed by atoms with van der Waals surface area (Å²) in [5.41, 5.74) is 5.82. The van der Waals surface area contributed by atoms with Gasteiger partial charge in [-0.15, -0.1) is 5.73 Å². The second-order valence-corrected chi connectivity index (χ2v) is 4.76. The van der Waals surface area contributed by atoms with Crippen LogP contribution in [0.25, 0.3) is 5.57 Å². The van der Waals surface area contributed by atoms with Gasteiger partial charge < -0.3 is 4.74 Å². The van der Waals surface area contributed by atoms with E-state index < -0.39 is 0 Å². The van der Waals surface area contributed by atoms with E-state index in [1.165, 1.54) is 19.3 Å². The SMILES string of the molecule is C=C=C(CCCCCC)c1ccc(C(=O)OCC)cc1. The molecule has 0 unspecified atom stereocenters. The van der Waals surface area contributed by atoms with Crippen LogP contribution in [-0.4, -0.2) is 12.6 Å². The van der Waals surface area contributed by atoms with E-state index in [2.05, 4.69) is 19.2 Å². The Bertz CT molecular complexity index is 465. The minimum absolute atomic E-state index is 0.272. The van der Waals surface area contributed by atoms with E-state index in [-0.39, 0.29) is 5.97 Å². The van der Waals surface area contributed by atoms with Gasteiger partial charge in [0.1, 0.15) is 0 Å². The first-order valence-electron chi connectivity index (χ1n) is 7.39. The third-order valence-electron chi connectivity index (χ3n) is 3.24. The number of carbonyl (C=O) groups excluding carboxylic acids is 1. The highest BCUT2D eigenvalue weighted by molar-refractivity contribution is 5.89. The van der Waals surface area contributed by atoms with Crippen LogP contribution in [0.3, 0.4) is 0 Å². The van der Waals surface area contributed by atoms with Crippen molar-refractivity contribution in [2.45, 2.75) is 46.0 Å². The number of esters is 1. The van der Waals surface area contributed by atoms with Gasteiger partial charge in [-0.3, -0.25) is 0 Å². The third kappa shape index (κ3) is 5.07. The van der Waals surface area contributed by atoms with E-state index >= 15 is 0 Å². The van der Waals surface area contributed by atoms with Gasteiger partial charge in [0.15, 0.2) is 0 Å². The number of allylic oxidation sites excluding steroid dienone is 1. The summed E-state index contributed by atoms with van der Waals surface area (Å²) in [5, 5.41) is 0. The molecule has 0 bridgehead atoms. The largest absolute Gasteiger partial charge is 0.462 e. The van der Waals surface area contributed by atoms with Gasteiger partial charge in [-0.1, -0.05) is 44.9 Å². The average molecular weight is 272 g/mol. The van der Waals surface area contributed by atoms with E-state index in [4.69, 9.17) is 4.74 Å². The molecular weight excluding hydrogens is 248 g/mol. The summed E-state index contributed by atoms with van der Waals surface area (Å²) in [6.45, 7) is 8.18. The second-order valence-electron chi connectivity index (χ2n) is 4.76. The van der Waals surface area contributed by atoms with Crippen molar-refractivity contribution in [2.75, 3.05) is 6.61 Å². The lowest BCUT2D eigenvalue weighted by molar-refractivity contribution is 0.0526. The maximum absolute atomic E-state index is 11.6. The van der Waals surface area contributed by atoms with E-state index in [1.54, 1.807) is 19.1 Å². The molecule has 0 radical (unpaired) electrons. The maximum Gasteiger partial charge on any atom is 0.338 e. The van der Waals surface area contributed by atoms with Crippen molar-refractivity contribution in [2.24, 2.45) is 0 Å². The van der Waals surface area contributed by atoms with Gasteiger partial charge in [0.05, 0.1) is 12.2 Å². The van der Waals surface area contributed by atoms with Crippen molar-refractivity contribution in [3.8, 4) is 0 Å². The Hall–Kier alpha value is -1.79. The Kier molecular flexibility index (Phi) is 7.46. The Morgan fingerprint density at radius 3 is 2.30 bits per heavy atom. The molecule has 20 heavy (non-hydrogen) atoms. The van der Waals surface area contributed by atoms with Crippen molar-refractivity contribution in [1.82, 2.24) is 0 Å². The molecule has 0 saturated heterocycles. The van der Waals surface area contributed by atoms with Crippen LogP contribution in [0.15, 0.2) is 36.6 Å². The van der Waals surface area contributed by atoms with Crippen molar-refractivity contribution in [3.63, 3.8) is 0 Å². The Labute approximate surface area is 122 Å². The first kappa shape index (κ1) is 16.3. The van der Waals surface area contributed by atoms with Crippen LogP contribution in [0.5, 0.6) is 0 Å². The molecule has 2 nitrogen and oxygen atoms in total. The molecule has 0 aliphatic carbocycles. The molecule has 0 amide bonds. The van der Waals surface area contributed by atoms with Gasteiger partial charge in [-0.25, -0.2) is 4.79 Å². The summed E-state index contributed by atoms with van der Waals surface area (Å²) >= 11 is 0. The summed E-state index contributed by atoms with van der Waals surface area (Å²) in [7, 11) is 0. The van der Waals surface area contributed by atoms with Crippen LogP contribution in [-0.2, 0) is 4.74 Å². The first-order chi connectivity index (χ1) is 9.72. The lowest BCUT2D eigenvalue weighted by Gasteiger charge is -2.07. The van der Waals surface area contributed by atoms with Gasteiger partial charge in [-0.05, 0) is 37.5 Å². The molecule has 0 aliphatic rings. The normalized spacial score (nSPS) is 9.90. The van der Waals surface area contributed by atoms with Crippen LogP contribution in [0, 0.1) is 0 Å². The zero-order valence-corrected chi connectivity index (χ0v) is 12.6. The predicted octanol–water partition coefficient (Wildman–Crippen LogP) is 5.00. The fraction of sp³-hybridized carbons (Fsp3) is 0.444. The fourth-order valence-corrected chi connectivity index (χ4v) is 2.09. The Morgan fingerprint density at radius 2 is 1.75 bits per heavy atom. The Balaban J connectivity index is 2.66. The maximum atomic E-state index is 11.6. The summed E-state index contributed by atoms with van der Waals surface area (Å²) in [6.07, 6.45) is 5.89. The minimum Gasteiger partial charge on any atom is -0.462 e. The van der Waals surface area contributed by atoms with E-state index in [0.717, 1.165) is 24.0 Å². The molecule has 0 spiro atoms. The zero-order valence-electron chi connectivity index (χ0n) is 12.6. The fourth-order valence-electron chi connectivity index (χ4n) is 2.09. The number of rotatable bonds is 8. The molecule has 1 rings (SSSR count). The zero-order chi connectivity index (χ0) is 14.8. The summed E-state index contributed by atoms with van der Waals surface area (Å²) in [5.74, 6) is -0.272. The van der Waals surface area contributed by atoms with Crippen molar-refractivity contribution in [3.05, 3.63) is 47.7 Å². The van der Waals surface area contributed by atoms with Gasteiger partial charge >= 0.3 is 5.97 Å². The molecule has 0 N–H and O–H groups in total. The Morgan fingerprint density at radius 1 is 1.10 bits per heavy atom. The molecule has 0 heterocycles. The third-order valence-corrected chi connectivity index (χ3v) is 3.24. The molecule has 1 aromatic carbocycles. The molecule has 0 aromatic heterocycles. The number of carbonyl (C=O) groups is 1. The number of ether oxygens (including phenoxy) is 1. The topological polar surface area (TPSA) is 26.3 Å². The van der Waals surface area contributed by atoms with Gasteiger partial charge in [0, 0.05) is 5.57 Å². The van der Waals surface area contributed by atoms with Crippen LogP contribution in [0.1, 0.15) is 61.9 Å². The van der Waals surface area contributed by atoms with Crippen molar-refractivity contribution < 1.29 is 9.53 Å². The van der Waals surface area contributed by atoms with Crippen molar-refractivity contribution >= 4 is 11.5 Å². The molecular formula is C18H24O2. The monoisotopic (exact) mass is 272 g/mol. The number of benzene rings is 1. The molecule has 0 fully saturated rings. The molecule has 1 aromatic rings. The van der Waals surface area contributed by atoms with Gasteiger partial charge in [0.2, 0.25) is 0 Å². The summed E-state index contributed by atoms with van der Waals surface area (Å²) in [4.78, 5) is 11.6. The molecule has 108 valence electrons. The van der Waals surface area contributed by atoms with Crippen molar-refractivity contribution in [1.29, 1.82) is 0 Å². The molecule has 0 atom stereocenters. The highest BCUT2D eigenvalue weighted by atomic mass is 16.5.